The maximum atomic E-state index is 12.5. The molecule has 0 rings (SSSR count). The minimum atomic E-state index is -2.30. The van der Waals surface area contributed by atoms with Crippen molar-refractivity contribution in [1.29, 1.82) is 0 Å². The largest absolute Gasteiger partial charge is 0.547 e. The summed E-state index contributed by atoms with van der Waals surface area (Å²) in [7, 11) is 0. The van der Waals surface area contributed by atoms with Gasteiger partial charge >= 0.3 is 0 Å². The molecule has 0 aliphatic heterocycles. The van der Waals surface area contributed by atoms with Crippen LogP contribution in [-0.2, 0) is 9.59 Å². The number of carbonyl (C=O) groups is 2. The van der Waals surface area contributed by atoms with E-state index in [1.54, 1.807) is 0 Å². The third-order valence-electron chi connectivity index (χ3n) is 8.70. The van der Waals surface area contributed by atoms with Crippen LogP contribution in [0.5, 0.6) is 0 Å². The molecule has 0 saturated carbocycles. The van der Waals surface area contributed by atoms with Gasteiger partial charge in [-0.25, -0.2) is 0 Å². The van der Waals surface area contributed by atoms with Gasteiger partial charge in [-0.2, -0.15) is 0 Å². The second-order valence-electron chi connectivity index (χ2n) is 12.6. The van der Waals surface area contributed by atoms with Crippen LogP contribution < -0.4 is 5.11 Å². The van der Waals surface area contributed by atoms with Gasteiger partial charge in [0.2, 0.25) is 0 Å². The highest BCUT2D eigenvalue weighted by Crippen LogP contribution is 2.21. The van der Waals surface area contributed by atoms with Gasteiger partial charge in [-0.05, 0) is 19.3 Å². The summed E-state index contributed by atoms with van der Waals surface area (Å²) in [6, 6.07) is 0. The first-order valence-corrected chi connectivity index (χ1v) is 18.0. The molecule has 0 aliphatic rings. The van der Waals surface area contributed by atoms with Crippen LogP contribution in [0.4, 0.5) is 0 Å². The van der Waals surface area contributed by atoms with Gasteiger partial charge < -0.3 is 15.0 Å². The predicted molar refractivity (Wildman–Crippen MR) is 169 cm³/mol. The van der Waals surface area contributed by atoms with E-state index in [1.165, 1.54) is 141 Å². The fraction of sp³-hybridized carbons (Fsp3) is 0.944. The Bertz CT molecular complexity index is 561. The summed E-state index contributed by atoms with van der Waals surface area (Å²) in [6.07, 6.45) is 35.7. The Hall–Kier alpha value is -0.900. The maximum Gasteiger partial charge on any atom is 0.170 e. The Labute approximate surface area is 249 Å². The van der Waals surface area contributed by atoms with Gasteiger partial charge in [0.15, 0.2) is 11.4 Å². The van der Waals surface area contributed by atoms with Gasteiger partial charge in [0.25, 0.3) is 0 Å². The molecule has 0 amide bonds. The van der Waals surface area contributed by atoms with Crippen molar-refractivity contribution >= 4 is 11.8 Å². The normalized spacial score (nSPS) is 13.0. The monoisotopic (exact) mass is 566 g/mol. The first-order chi connectivity index (χ1) is 19.5. The van der Waals surface area contributed by atoms with E-state index in [9.17, 15) is 19.8 Å². The van der Waals surface area contributed by atoms with Gasteiger partial charge in [-0.3, -0.25) is 4.79 Å². The SMILES string of the molecule is CCCCCCCCCCCCCCCCCC(=O)C(O)(CCCCCCCCCCCCCCCC)C(=O)[O-]. The van der Waals surface area contributed by atoms with E-state index >= 15 is 0 Å². The lowest BCUT2D eigenvalue weighted by atomic mass is 9.88. The molecule has 0 saturated heterocycles. The lowest BCUT2D eigenvalue weighted by Crippen LogP contribution is -2.54. The lowest BCUT2D eigenvalue weighted by molar-refractivity contribution is -0.322. The molecule has 0 aromatic carbocycles. The number of carbonyl (C=O) groups excluding carboxylic acids is 2. The van der Waals surface area contributed by atoms with Crippen molar-refractivity contribution < 1.29 is 19.8 Å². The summed E-state index contributed by atoms with van der Waals surface area (Å²) in [5.74, 6) is -2.18. The molecule has 1 atom stereocenters. The van der Waals surface area contributed by atoms with Crippen LogP contribution in [0.3, 0.4) is 0 Å². The number of aliphatic hydroxyl groups is 1. The van der Waals surface area contributed by atoms with Crippen molar-refractivity contribution in [1.82, 2.24) is 0 Å². The molecule has 0 bridgehead atoms. The fourth-order valence-electron chi connectivity index (χ4n) is 5.79. The third kappa shape index (κ3) is 23.8. The van der Waals surface area contributed by atoms with E-state index < -0.39 is 17.4 Å². The second kappa shape index (κ2) is 29.6. The van der Waals surface area contributed by atoms with Crippen molar-refractivity contribution in [3.8, 4) is 0 Å². The van der Waals surface area contributed by atoms with Gasteiger partial charge in [0, 0.05) is 6.42 Å². The molecule has 1 unspecified atom stereocenters. The Morgan fingerprint density at radius 3 is 0.975 bits per heavy atom. The summed E-state index contributed by atoms with van der Waals surface area (Å²) in [5.41, 5.74) is -2.30. The highest BCUT2D eigenvalue weighted by molar-refractivity contribution is 6.05. The van der Waals surface area contributed by atoms with Crippen molar-refractivity contribution in [2.45, 2.75) is 218 Å². The third-order valence-corrected chi connectivity index (χ3v) is 8.70. The zero-order valence-electron chi connectivity index (χ0n) is 27.1. The molecule has 0 fully saturated rings. The van der Waals surface area contributed by atoms with Gasteiger partial charge in [-0.1, -0.05) is 187 Å². The second-order valence-corrected chi connectivity index (χ2v) is 12.6. The molecule has 0 aromatic rings. The van der Waals surface area contributed by atoms with E-state index in [2.05, 4.69) is 13.8 Å². The highest BCUT2D eigenvalue weighted by Gasteiger charge is 2.35. The van der Waals surface area contributed by atoms with Crippen LogP contribution in [0, 0.1) is 0 Å². The number of ketones is 1. The topological polar surface area (TPSA) is 77.4 Å². The molecule has 0 aromatic heterocycles. The van der Waals surface area contributed by atoms with E-state index in [0.29, 0.717) is 12.8 Å². The Kier molecular flexibility index (Phi) is 28.9. The van der Waals surface area contributed by atoms with Crippen LogP contribution in [0.25, 0.3) is 0 Å². The number of hydrogen-bond donors (Lipinski definition) is 1. The van der Waals surface area contributed by atoms with Crippen molar-refractivity contribution in [3.05, 3.63) is 0 Å². The summed E-state index contributed by atoms with van der Waals surface area (Å²) >= 11 is 0. The van der Waals surface area contributed by atoms with E-state index in [1.807, 2.05) is 0 Å². The smallest absolute Gasteiger partial charge is 0.170 e. The van der Waals surface area contributed by atoms with Crippen LogP contribution in [0.15, 0.2) is 0 Å². The Balaban J connectivity index is 3.68. The number of unbranched alkanes of at least 4 members (excludes halogenated alkanes) is 27. The van der Waals surface area contributed by atoms with Crippen molar-refractivity contribution in [3.63, 3.8) is 0 Å². The summed E-state index contributed by atoms with van der Waals surface area (Å²) in [4.78, 5) is 24.1. The maximum absolute atomic E-state index is 12.5. The summed E-state index contributed by atoms with van der Waals surface area (Å²) in [5, 5.41) is 22.2. The summed E-state index contributed by atoms with van der Waals surface area (Å²) < 4.78 is 0. The van der Waals surface area contributed by atoms with Crippen LogP contribution >= 0.6 is 0 Å². The van der Waals surface area contributed by atoms with Gasteiger partial charge in [-0.15, -0.1) is 0 Å². The quantitative estimate of drug-likeness (QED) is 0.0634. The van der Waals surface area contributed by atoms with E-state index in [0.717, 1.165) is 32.1 Å². The molecule has 4 nitrogen and oxygen atoms in total. The average molecular weight is 566 g/mol. The Morgan fingerprint density at radius 1 is 0.450 bits per heavy atom. The molecule has 0 heterocycles. The number of carboxylic acid groups (broad SMARTS) is 1. The lowest BCUT2D eigenvalue weighted by Gasteiger charge is -2.27. The molecule has 0 aliphatic carbocycles. The van der Waals surface area contributed by atoms with E-state index in [4.69, 9.17) is 0 Å². The highest BCUT2D eigenvalue weighted by atomic mass is 16.4. The first-order valence-electron chi connectivity index (χ1n) is 18.0. The molecular formula is C36H69O4-. The molecular weight excluding hydrogens is 496 g/mol. The van der Waals surface area contributed by atoms with Gasteiger partial charge in [0.05, 0.1) is 5.97 Å². The fourth-order valence-corrected chi connectivity index (χ4v) is 5.79. The van der Waals surface area contributed by atoms with Crippen LogP contribution in [0.1, 0.15) is 213 Å². The zero-order valence-corrected chi connectivity index (χ0v) is 27.1. The van der Waals surface area contributed by atoms with Crippen LogP contribution in [-0.4, -0.2) is 22.5 Å². The molecule has 0 radical (unpaired) electrons. The van der Waals surface area contributed by atoms with Crippen LogP contribution in [0.2, 0.25) is 0 Å². The molecule has 238 valence electrons. The number of Topliss-reactive ketones (excluding diaryl/α,β-unsaturated/α-hetero) is 1. The number of rotatable bonds is 33. The average Bonchev–Trinajstić information content (AvgIpc) is 2.94. The minimum Gasteiger partial charge on any atom is -0.547 e. The molecule has 0 spiro atoms. The van der Waals surface area contributed by atoms with Crippen molar-refractivity contribution in [2.75, 3.05) is 0 Å². The van der Waals surface area contributed by atoms with Crippen molar-refractivity contribution in [2.24, 2.45) is 0 Å². The molecule has 4 heteroatoms. The minimum absolute atomic E-state index is 0.00899. The summed E-state index contributed by atoms with van der Waals surface area (Å²) in [6.45, 7) is 4.52. The molecule has 40 heavy (non-hydrogen) atoms. The molecule has 1 N–H and O–H groups in total. The number of aliphatic carboxylic acids is 1. The van der Waals surface area contributed by atoms with Gasteiger partial charge in [0.1, 0.15) is 0 Å². The zero-order chi connectivity index (χ0) is 29.6. The number of hydrogen-bond acceptors (Lipinski definition) is 4. The number of carboxylic acids is 1. The predicted octanol–water partition coefficient (Wildman–Crippen LogP) is 10.2. The van der Waals surface area contributed by atoms with E-state index in [-0.39, 0.29) is 12.8 Å². The first kappa shape index (κ1) is 39.1. The Morgan fingerprint density at radius 2 is 0.700 bits per heavy atom. The standard InChI is InChI=1S/C36H70O4/c1-3-5-7-9-11-13-15-17-19-20-22-24-26-28-30-32-34(37)36(40,35(38)39)33-31-29-27-25-23-21-18-16-14-12-10-8-6-4-2/h40H,3-33H2,1-2H3,(H,38,39)/p-1.